The van der Waals surface area contributed by atoms with E-state index in [0.717, 1.165) is 10.5 Å². The average Bonchev–Trinajstić information content (AvgIpc) is 2.28. The smallest absolute Gasteiger partial charge is 0.251 e. The van der Waals surface area contributed by atoms with E-state index >= 15 is 0 Å². The van der Waals surface area contributed by atoms with Crippen molar-refractivity contribution >= 4 is 18.5 Å². The summed E-state index contributed by atoms with van der Waals surface area (Å²) in [5.74, 6) is -0.111. The Morgan fingerprint density at radius 2 is 2.29 bits per heavy atom. The van der Waals surface area contributed by atoms with Gasteiger partial charge < -0.3 is 10.1 Å². The van der Waals surface area contributed by atoms with Crippen LogP contribution in [0.5, 0.6) is 0 Å². The molecule has 1 rings (SSSR count). The topological polar surface area (TPSA) is 38.3 Å². The summed E-state index contributed by atoms with van der Waals surface area (Å²) in [6, 6.07) is 7.11. The van der Waals surface area contributed by atoms with Gasteiger partial charge in [-0.05, 0) is 25.1 Å². The minimum Gasteiger partial charge on any atom is -0.375 e. The van der Waals surface area contributed by atoms with Crippen LogP contribution in [0.25, 0.3) is 0 Å². The minimum atomic E-state index is -0.111. The second-order valence-corrected chi connectivity index (χ2v) is 4.33. The van der Waals surface area contributed by atoms with E-state index in [1.54, 1.807) is 18.2 Å². The van der Waals surface area contributed by atoms with Gasteiger partial charge in [-0.2, -0.15) is 0 Å². The van der Waals surface area contributed by atoms with Crippen LogP contribution < -0.4 is 5.32 Å². The predicted molar refractivity (Wildman–Crippen MR) is 71.7 cm³/mol. The number of ether oxygens (including phenoxy) is 1. The van der Waals surface area contributed by atoms with Crippen molar-refractivity contribution < 1.29 is 9.53 Å². The zero-order valence-corrected chi connectivity index (χ0v) is 10.8. The van der Waals surface area contributed by atoms with Gasteiger partial charge in [-0.15, -0.1) is 12.6 Å². The Kier molecular flexibility index (Phi) is 5.80. The van der Waals surface area contributed by atoms with E-state index in [1.807, 2.05) is 13.0 Å². The first-order chi connectivity index (χ1) is 8.09. The maximum atomic E-state index is 11.7. The summed E-state index contributed by atoms with van der Waals surface area (Å²) in [5, 5.41) is 2.77. The number of thiol groups is 1. The largest absolute Gasteiger partial charge is 0.375 e. The van der Waals surface area contributed by atoms with Gasteiger partial charge in [0.2, 0.25) is 0 Å². The number of benzene rings is 1. The molecule has 0 spiro atoms. The summed E-state index contributed by atoms with van der Waals surface area (Å²) in [4.78, 5) is 12.4. The van der Waals surface area contributed by atoms with E-state index < -0.39 is 0 Å². The van der Waals surface area contributed by atoms with Crippen molar-refractivity contribution in [2.24, 2.45) is 0 Å². The SMILES string of the molecule is C=C(C)COCCNC(=O)c1cccc(S)c1. The molecule has 0 aromatic heterocycles. The third kappa shape index (κ3) is 5.56. The number of hydrogen-bond acceptors (Lipinski definition) is 3. The van der Waals surface area contributed by atoms with Crippen LogP contribution in [0.15, 0.2) is 41.3 Å². The molecule has 0 radical (unpaired) electrons. The van der Waals surface area contributed by atoms with Gasteiger partial charge in [0, 0.05) is 17.0 Å². The Balaban J connectivity index is 2.28. The van der Waals surface area contributed by atoms with Crippen molar-refractivity contribution in [2.45, 2.75) is 11.8 Å². The molecule has 1 aromatic rings. The molecule has 3 nitrogen and oxygen atoms in total. The lowest BCUT2D eigenvalue weighted by Gasteiger charge is -2.06. The van der Waals surface area contributed by atoms with E-state index in [9.17, 15) is 4.79 Å². The van der Waals surface area contributed by atoms with Gasteiger partial charge in [0.25, 0.3) is 5.91 Å². The van der Waals surface area contributed by atoms with Gasteiger partial charge in [-0.1, -0.05) is 18.2 Å². The molecule has 17 heavy (non-hydrogen) atoms. The lowest BCUT2D eigenvalue weighted by Crippen LogP contribution is -2.27. The molecule has 0 saturated carbocycles. The number of rotatable bonds is 6. The first-order valence-electron chi connectivity index (χ1n) is 5.39. The molecule has 92 valence electrons. The molecule has 0 saturated heterocycles. The van der Waals surface area contributed by atoms with Crippen molar-refractivity contribution in [1.29, 1.82) is 0 Å². The molecule has 0 heterocycles. The fourth-order valence-electron chi connectivity index (χ4n) is 1.23. The highest BCUT2D eigenvalue weighted by molar-refractivity contribution is 7.80. The van der Waals surface area contributed by atoms with E-state index in [4.69, 9.17) is 4.74 Å². The molecule has 4 heteroatoms. The molecule has 0 unspecified atom stereocenters. The number of amides is 1. The zero-order valence-electron chi connectivity index (χ0n) is 9.90. The van der Waals surface area contributed by atoms with Gasteiger partial charge in [-0.25, -0.2) is 0 Å². The van der Waals surface area contributed by atoms with E-state index in [0.29, 0.717) is 25.3 Å². The number of hydrogen-bond donors (Lipinski definition) is 2. The van der Waals surface area contributed by atoms with E-state index in [1.165, 1.54) is 0 Å². The standard InChI is InChI=1S/C13H17NO2S/c1-10(2)9-16-7-6-14-13(15)11-4-3-5-12(17)8-11/h3-5,8,17H,1,6-7,9H2,2H3,(H,14,15). The summed E-state index contributed by atoms with van der Waals surface area (Å²) in [7, 11) is 0. The molecule has 0 atom stereocenters. The molecule has 1 aromatic carbocycles. The van der Waals surface area contributed by atoms with Crippen molar-refractivity contribution in [3.8, 4) is 0 Å². The fourth-order valence-corrected chi connectivity index (χ4v) is 1.46. The van der Waals surface area contributed by atoms with Crippen LogP contribution in [-0.4, -0.2) is 25.7 Å². The molecular formula is C13H17NO2S. The van der Waals surface area contributed by atoms with E-state index in [-0.39, 0.29) is 5.91 Å². The highest BCUT2D eigenvalue weighted by Gasteiger charge is 2.04. The maximum absolute atomic E-state index is 11.7. The molecular weight excluding hydrogens is 234 g/mol. The third-order valence-electron chi connectivity index (χ3n) is 1.99. The number of carbonyl (C=O) groups is 1. The van der Waals surface area contributed by atoms with Gasteiger partial charge in [0.15, 0.2) is 0 Å². The van der Waals surface area contributed by atoms with Gasteiger partial charge in [0.1, 0.15) is 0 Å². The van der Waals surface area contributed by atoms with Crippen LogP contribution in [0.2, 0.25) is 0 Å². The van der Waals surface area contributed by atoms with Crippen LogP contribution in [-0.2, 0) is 4.74 Å². The lowest BCUT2D eigenvalue weighted by molar-refractivity contribution is 0.0926. The fraction of sp³-hybridized carbons (Fsp3) is 0.308. The van der Waals surface area contributed by atoms with Crippen molar-refractivity contribution in [3.05, 3.63) is 42.0 Å². The Morgan fingerprint density at radius 3 is 2.94 bits per heavy atom. The van der Waals surface area contributed by atoms with Crippen LogP contribution in [0.4, 0.5) is 0 Å². The van der Waals surface area contributed by atoms with E-state index in [2.05, 4.69) is 24.5 Å². The van der Waals surface area contributed by atoms with Crippen molar-refractivity contribution in [3.63, 3.8) is 0 Å². The second-order valence-electron chi connectivity index (χ2n) is 3.82. The summed E-state index contributed by atoms with van der Waals surface area (Å²) in [5.41, 5.74) is 1.58. The summed E-state index contributed by atoms with van der Waals surface area (Å²) >= 11 is 4.18. The zero-order chi connectivity index (χ0) is 12.7. The molecule has 0 fully saturated rings. The highest BCUT2D eigenvalue weighted by atomic mass is 32.1. The first kappa shape index (κ1) is 13.8. The minimum absolute atomic E-state index is 0.111. The predicted octanol–water partition coefficient (Wildman–Crippen LogP) is 2.30. The van der Waals surface area contributed by atoms with Crippen LogP contribution in [0.1, 0.15) is 17.3 Å². The van der Waals surface area contributed by atoms with Crippen molar-refractivity contribution in [1.82, 2.24) is 5.32 Å². The van der Waals surface area contributed by atoms with Gasteiger partial charge in [-0.3, -0.25) is 4.79 Å². The van der Waals surface area contributed by atoms with Crippen LogP contribution >= 0.6 is 12.6 Å². The van der Waals surface area contributed by atoms with Crippen LogP contribution in [0, 0.1) is 0 Å². The molecule has 0 aliphatic rings. The highest BCUT2D eigenvalue weighted by Crippen LogP contribution is 2.08. The quantitative estimate of drug-likeness (QED) is 0.462. The summed E-state index contributed by atoms with van der Waals surface area (Å²) in [6.45, 7) is 7.13. The number of nitrogens with one attached hydrogen (secondary N) is 1. The Bertz CT molecular complexity index is 404. The molecule has 0 bridgehead atoms. The van der Waals surface area contributed by atoms with Gasteiger partial charge in [0.05, 0.1) is 13.2 Å². The van der Waals surface area contributed by atoms with Crippen molar-refractivity contribution in [2.75, 3.05) is 19.8 Å². The average molecular weight is 251 g/mol. The first-order valence-corrected chi connectivity index (χ1v) is 5.83. The van der Waals surface area contributed by atoms with Gasteiger partial charge >= 0.3 is 0 Å². The number of carbonyl (C=O) groups excluding carboxylic acids is 1. The lowest BCUT2D eigenvalue weighted by atomic mass is 10.2. The molecule has 1 N–H and O–H groups in total. The molecule has 0 aliphatic carbocycles. The monoisotopic (exact) mass is 251 g/mol. The Labute approximate surface area is 107 Å². The second kappa shape index (κ2) is 7.14. The normalized spacial score (nSPS) is 10.0. The van der Waals surface area contributed by atoms with Crippen LogP contribution in [0.3, 0.4) is 0 Å². The summed E-state index contributed by atoms with van der Waals surface area (Å²) < 4.78 is 5.28. The Morgan fingerprint density at radius 1 is 1.53 bits per heavy atom. The molecule has 0 aliphatic heterocycles. The Hall–Kier alpha value is -1.26. The summed E-state index contributed by atoms with van der Waals surface area (Å²) in [6.07, 6.45) is 0. The third-order valence-corrected chi connectivity index (χ3v) is 2.27. The molecule has 1 amide bonds. The maximum Gasteiger partial charge on any atom is 0.251 e.